The lowest BCUT2D eigenvalue weighted by atomic mass is 9.87. The van der Waals surface area contributed by atoms with Gasteiger partial charge in [-0.3, -0.25) is 0 Å². The maximum Gasteiger partial charge on any atom is 0.416 e. The number of nitrogens with zero attached hydrogens (tertiary/aromatic N) is 4. The molecule has 2 aromatic carbocycles. The number of hydrogen-bond donors (Lipinski definition) is 0. The van der Waals surface area contributed by atoms with Gasteiger partial charge in [-0.1, -0.05) is 24.3 Å². The predicted molar refractivity (Wildman–Crippen MR) is 105 cm³/mol. The summed E-state index contributed by atoms with van der Waals surface area (Å²) in [6.45, 7) is 0. The number of rotatable bonds is 2. The Balaban J connectivity index is 2.09. The number of halogens is 6. The molecule has 3 rings (SSSR count). The minimum Gasteiger partial charge on any atom is -0.173 e. The van der Waals surface area contributed by atoms with Gasteiger partial charge in [0.2, 0.25) is 12.4 Å². The van der Waals surface area contributed by atoms with E-state index >= 15 is 0 Å². The monoisotopic (exact) mass is 444 g/mol. The van der Waals surface area contributed by atoms with Crippen LogP contribution in [-0.2, 0) is 12.4 Å². The van der Waals surface area contributed by atoms with Crippen molar-refractivity contribution in [3.8, 4) is 12.4 Å². The van der Waals surface area contributed by atoms with E-state index in [0.29, 0.717) is 0 Å². The van der Waals surface area contributed by atoms with Gasteiger partial charge >= 0.3 is 12.4 Å². The van der Waals surface area contributed by atoms with Crippen LogP contribution in [0.15, 0.2) is 70.7 Å². The first-order valence-electron chi connectivity index (χ1n) is 8.77. The van der Waals surface area contributed by atoms with Crippen LogP contribution in [0, 0.1) is 22.9 Å². The highest BCUT2D eigenvalue weighted by Crippen LogP contribution is 2.34. The van der Waals surface area contributed by atoms with Crippen LogP contribution >= 0.6 is 0 Å². The molecule has 0 aromatic heterocycles. The number of nitriles is 2. The Kier molecular flexibility index (Phi) is 5.99. The number of allylic oxidation sites excluding steroid dienone is 4. The second-order valence-corrected chi connectivity index (χ2v) is 6.46. The van der Waals surface area contributed by atoms with Crippen molar-refractivity contribution >= 4 is 22.6 Å². The Bertz CT molecular complexity index is 1130. The van der Waals surface area contributed by atoms with E-state index in [0.717, 1.165) is 24.3 Å². The van der Waals surface area contributed by atoms with Crippen molar-refractivity contribution in [2.45, 2.75) is 12.4 Å². The highest BCUT2D eigenvalue weighted by atomic mass is 19.4. The summed E-state index contributed by atoms with van der Waals surface area (Å²) in [4.78, 5) is 7.35. The molecular formula is C22H10F6N4. The SMILES string of the molecule is N#CN=C1C=C(c2ccc(C(F)(F)F)cc2)C(=NC#N)C=C1c1ccc(C(F)(F)F)cc1. The molecule has 10 heteroatoms. The van der Waals surface area contributed by atoms with Crippen molar-refractivity contribution in [2.75, 3.05) is 0 Å². The van der Waals surface area contributed by atoms with Gasteiger partial charge in [0.25, 0.3) is 0 Å². The molecule has 0 spiro atoms. The summed E-state index contributed by atoms with van der Waals surface area (Å²) in [5.74, 6) is 0. The van der Waals surface area contributed by atoms with Gasteiger partial charge in [0, 0.05) is 11.1 Å². The molecule has 0 amide bonds. The first kappa shape index (κ1) is 22.5. The third-order valence-electron chi connectivity index (χ3n) is 4.50. The van der Waals surface area contributed by atoms with Gasteiger partial charge in [0.15, 0.2) is 0 Å². The molecule has 0 heterocycles. The molecule has 0 aliphatic heterocycles. The molecule has 0 fully saturated rings. The molecule has 4 nitrogen and oxygen atoms in total. The minimum absolute atomic E-state index is 0.0547. The maximum atomic E-state index is 12.8. The summed E-state index contributed by atoms with van der Waals surface area (Å²) < 4.78 is 77.1. The average Bonchev–Trinajstić information content (AvgIpc) is 2.74. The summed E-state index contributed by atoms with van der Waals surface area (Å²) in [5.41, 5.74) is -0.625. The first-order valence-corrected chi connectivity index (χ1v) is 8.77. The van der Waals surface area contributed by atoms with E-state index in [4.69, 9.17) is 10.5 Å². The number of aliphatic imine (C=N–C) groups is 2. The van der Waals surface area contributed by atoms with E-state index in [-0.39, 0.29) is 33.7 Å². The molecule has 0 N–H and O–H groups in total. The van der Waals surface area contributed by atoms with E-state index in [1.165, 1.54) is 36.4 Å². The molecule has 0 radical (unpaired) electrons. The van der Waals surface area contributed by atoms with Crippen molar-refractivity contribution in [1.29, 1.82) is 10.5 Å². The Morgan fingerprint density at radius 1 is 0.562 bits per heavy atom. The van der Waals surface area contributed by atoms with Gasteiger partial charge < -0.3 is 0 Å². The Labute approximate surface area is 177 Å². The topological polar surface area (TPSA) is 72.3 Å². The second kappa shape index (κ2) is 8.52. The van der Waals surface area contributed by atoms with Gasteiger partial charge in [0.05, 0.1) is 22.6 Å². The Morgan fingerprint density at radius 2 is 0.875 bits per heavy atom. The van der Waals surface area contributed by atoms with E-state index in [2.05, 4.69) is 9.98 Å². The lowest BCUT2D eigenvalue weighted by Crippen LogP contribution is -2.13. The molecule has 160 valence electrons. The molecule has 2 aromatic rings. The van der Waals surface area contributed by atoms with Crippen LogP contribution in [0.3, 0.4) is 0 Å². The number of hydrogen-bond acceptors (Lipinski definition) is 4. The lowest BCUT2D eigenvalue weighted by molar-refractivity contribution is -0.138. The quantitative estimate of drug-likeness (QED) is 0.321. The molecule has 1 aliphatic carbocycles. The summed E-state index contributed by atoms with van der Waals surface area (Å²) in [5, 5.41) is 18.1. The van der Waals surface area contributed by atoms with Crippen LogP contribution in [0.4, 0.5) is 26.3 Å². The molecule has 32 heavy (non-hydrogen) atoms. The van der Waals surface area contributed by atoms with Gasteiger partial charge in [-0.2, -0.15) is 46.9 Å². The fraction of sp³-hybridized carbons (Fsp3) is 0.0909. The number of benzene rings is 2. The fourth-order valence-corrected chi connectivity index (χ4v) is 3.01. The van der Waals surface area contributed by atoms with E-state index < -0.39 is 23.5 Å². The average molecular weight is 444 g/mol. The van der Waals surface area contributed by atoms with Crippen LogP contribution in [0.25, 0.3) is 11.1 Å². The van der Waals surface area contributed by atoms with E-state index in [9.17, 15) is 26.3 Å². The van der Waals surface area contributed by atoms with Crippen molar-refractivity contribution in [2.24, 2.45) is 9.98 Å². The normalized spacial score (nSPS) is 16.9. The standard InChI is InChI=1S/C22H10F6N4/c23-21(24,25)15-5-1-13(2-6-15)17-9-20(32-12-30)18(10-19(17)31-11-29)14-3-7-16(8-4-14)22(26,27)28/h1-10H. The van der Waals surface area contributed by atoms with Gasteiger partial charge in [-0.25, -0.2) is 0 Å². The Hall–Kier alpha value is -4.18. The van der Waals surface area contributed by atoms with Crippen molar-refractivity contribution < 1.29 is 26.3 Å². The van der Waals surface area contributed by atoms with Crippen LogP contribution in [0.2, 0.25) is 0 Å². The van der Waals surface area contributed by atoms with Crippen LogP contribution in [0.1, 0.15) is 22.3 Å². The summed E-state index contributed by atoms with van der Waals surface area (Å²) in [7, 11) is 0. The zero-order valence-corrected chi connectivity index (χ0v) is 15.8. The third kappa shape index (κ3) is 4.76. The van der Waals surface area contributed by atoms with Crippen LogP contribution in [-0.4, -0.2) is 11.4 Å². The van der Waals surface area contributed by atoms with Crippen molar-refractivity contribution in [1.82, 2.24) is 0 Å². The highest BCUT2D eigenvalue weighted by Gasteiger charge is 2.31. The third-order valence-corrected chi connectivity index (χ3v) is 4.50. The molecular weight excluding hydrogens is 434 g/mol. The summed E-state index contributed by atoms with van der Waals surface area (Å²) in [6.07, 6.45) is -3.21. The van der Waals surface area contributed by atoms with Crippen LogP contribution < -0.4 is 0 Å². The van der Waals surface area contributed by atoms with Crippen LogP contribution in [0.5, 0.6) is 0 Å². The molecule has 0 unspecified atom stereocenters. The molecule has 1 aliphatic rings. The van der Waals surface area contributed by atoms with Gasteiger partial charge in [-0.15, -0.1) is 0 Å². The van der Waals surface area contributed by atoms with Crippen molar-refractivity contribution in [3.63, 3.8) is 0 Å². The summed E-state index contributed by atoms with van der Waals surface area (Å²) >= 11 is 0. The number of alkyl halides is 6. The van der Waals surface area contributed by atoms with Gasteiger partial charge in [-0.05, 0) is 47.5 Å². The highest BCUT2D eigenvalue weighted by molar-refractivity contribution is 6.46. The molecule has 0 saturated heterocycles. The minimum atomic E-state index is -4.54. The second-order valence-electron chi connectivity index (χ2n) is 6.46. The smallest absolute Gasteiger partial charge is 0.173 e. The fourth-order valence-electron chi connectivity index (χ4n) is 3.01. The lowest BCUT2D eigenvalue weighted by Gasteiger charge is -2.18. The maximum absolute atomic E-state index is 12.8. The predicted octanol–water partition coefficient (Wildman–Crippen LogP) is 6.05. The van der Waals surface area contributed by atoms with Gasteiger partial charge in [0.1, 0.15) is 0 Å². The molecule has 0 bridgehead atoms. The molecule has 0 saturated carbocycles. The zero-order valence-electron chi connectivity index (χ0n) is 15.8. The van der Waals surface area contributed by atoms with Crippen molar-refractivity contribution in [3.05, 3.63) is 82.9 Å². The molecule has 0 atom stereocenters. The first-order chi connectivity index (χ1) is 15.0. The zero-order chi connectivity index (χ0) is 23.5. The summed E-state index contributed by atoms with van der Waals surface area (Å²) in [6, 6.07) is 8.16. The van der Waals surface area contributed by atoms with E-state index in [1.54, 1.807) is 12.4 Å². The van der Waals surface area contributed by atoms with E-state index in [1.807, 2.05) is 0 Å². The largest absolute Gasteiger partial charge is 0.416 e. The Morgan fingerprint density at radius 3 is 1.12 bits per heavy atom.